The van der Waals surface area contributed by atoms with E-state index in [1.165, 1.54) is 11.1 Å². The Morgan fingerprint density at radius 3 is 3.15 bits per heavy atom. The molecule has 1 aromatic carbocycles. The second kappa shape index (κ2) is 3.69. The fraction of sp³-hybridized carbons (Fsp3) is 0.455. The number of fused-ring (bicyclic) bond motifs is 1. The highest BCUT2D eigenvalue weighted by atomic mass is 35.5. The van der Waals surface area contributed by atoms with Crippen molar-refractivity contribution in [3.05, 3.63) is 34.3 Å². The zero-order chi connectivity index (χ0) is 9.26. The van der Waals surface area contributed by atoms with Gasteiger partial charge in [-0.3, -0.25) is 0 Å². The Bertz CT molecular complexity index is 309. The number of hydrogen-bond acceptors (Lipinski definition) is 1. The number of nitrogens with one attached hydrogen (secondary N) is 1. The summed E-state index contributed by atoms with van der Waals surface area (Å²) in [5.41, 5.74) is 2.73. The van der Waals surface area contributed by atoms with Crippen LogP contribution >= 0.6 is 11.6 Å². The van der Waals surface area contributed by atoms with Crippen LogP contribution in [-0.2, 0) is 6.54 Å². The highest BCUT2D eigenvalue weighted by molar-refractivity contribution is 6.31. The van der Waals surface area contributed by atoms with Crippen molar-refractivity contribution in [3.8, 4) is 0 Å². The van der Waals surface area contributed by atoms with Crippen molar-refractivity contribution in [2.45, 2.75) is 25.8 Å². The van der Waals surface area contributed by atoms with E-state index in [1.54, 1.807) is 0 Å². The Morgan fingerprint density at radius 1 is 1.54 bits per heavy atom. The van der Waals surface area contributed by atoms with Crippen LogP contribution in [0.2, 0.25) is 5.02 Å². The molecule has 1 atom stereocenters. The van der Waals surface area contributed by atoms with E-state index in [2.05, 4.69) is 18.3 Å². The monoisotopic (exact) mass is 195 g/mol. The molecule has 0 radical (unpaired) electrons. The van der Waals surface area contributed by atoms with Crippen LogP contribution in [0.1, 0.15) is 30.4 Å². The van der Waals surface area contributed by atoms with Crippen LogP contribution in [0.25, 0.3) is 0 Å². The van der Waals surface area contributed by atoms with Gasteiger partial charge >= 0.3 is 0 Å². The van der Waals surface area contributed by atoms with Crippen LogP contribution in [0.4, 0.5) is 0 Å². The molecule has 0 fully saturated rings. The SMILES string of the molecule is CCC1CNCc2cccc(Cl)c21. The lowest BCUT2D eigenvalue weighted by atomic mass is 9.89. The van der Waals surface area contributed by atoms with Crippen molar-refractivity contribution < 1.29 is 0 Å². The van der Waals surface area contributed by atoms with E-state index in [-0.39, 0.29) is 0 Å². The summed E-state index contributed by atoms with van der Waals surface area (Å²) in [5, 5.41) is 4.35. The van der Waals surface area contributed by atoms with Crippen LogP contribution in [0, 0.1) is 0 Å². The molecule has 1 N–H and O–H groups in total. The van der Waals surface area contributed by atoms with Gasteiger partial charge < -0.3 is 5.32 Å². The lowest BCUT2D eigenvalue weighted by Crippen LogP contribution is -2.28. The van der Waals surface area contributed by atoms with E-state index in [0.717, 1.165) is 24.5 Å². The van der Waals surface area contributed by atoms with Crippen molar-refractivity contribution in [1.82, 2.24) is 5.32 Å². The molecule has 1 unspecified atom stereocenters. The minimum atomic E-state index is 0.595. The zero-order valence-electron chi connectivity index (χ0n) is 7.81. The molecule has 1 aliphatic rings. The molecule has 0 saturated heterocycles. The Balaban J connectivity index is 2.47. The molecular weight excluding hydrogens is 182 g/mol. The van der Waals surface area contributed by atoms with Gasteiger partial charge in [-0.2, -0.15) is 0 Å². The van der Waals surface area contributed by atoms with Crippen LogP contribution in [0.3, 0.4) is 0 Å². The summed E-state index contributed by atoms with van der Waals surface area (Å²) in [5.74, 6) is 0.595. The highest BCUT2D eigenvalue weighted by Crippen LogP contribution is 2.32. The van der Waals surface area contributed by atoms with E-state index in [9.17, 15) is 0 Å². The molecule has 1 nitrogen and oxygen atoms in total. The maximum absolute atomic E-state index is 6.19. The average molecular weight is 196 g/mol. The zero-order valence-corrected chi connectivity index (χ0v) is 8.56. The molecule has 1 heterocycles. The molecule has 0 bridgehead atoms. The smallest absolute Gasteiger partial charge is 0.0444 e. The van der Waals surface area contributed by atoms with Gasteiger partial charge in [0.2, 0.25) is 0 Å². The van der Waals surface area contributed by atoms with Crippen molar-refractivity contribution in [1.29, 1.82) is 0 Å². The minimum Gasteiger partial charge on any atom is -0.312 e. The van der Waals surface area contributed by atoms with Gasteiger partial charge in [-0.15, -0.1) is 0 Å². The third kappa shape index (κ3) is 1.59. The average Bonchev–Trinajstić information content (AvgIpc) is 2.17. The molecule has 1 aromatic rings. The van der Waals surface area contributed by atoms with E-state index in [4.69, 9.17) is 11.6 Å². The maximum Gasteiger partial charge on any atom is 0.0444 e. The quantitative estimate of drug-likeness (QED) is 0.727. The summed E-state index contributed by atoms with van der Waals surface area (Å²) in [4.78, 5) is 0. The van der Waals surface area contributed by atoms with E-state index in [0.29, 0.717) is 5.92 Å². The molecule has 1 aliphatic heterocycles. The molecule has 0 aromatic heterocycles. The Labute approximate surface area is 84.1 Å². The van der Waals surface area contributed by atoms with E-state index in [1.807, 2.05) is 12.1 Å². The van der Waals surface area contributed by atoms with Crippen LogP contribution in [-0.4, -0.2) is 6.54 Å². The Morgan fingerprint density at radius 2 is 2.38 bits per heavy atom. The number of hydrogen-bond donors (Lipinski definition) is 1. The number of rotatable bonds is 1. The maximum atomic E-state index is 6.19. The van der Waals surface area contributed by atoms with Gasteiger partial charge in [0.25, 0.3) is 0 Å². The number of benzene rings is 1. The summed E-state index contributed by atoms with van der Waals surface area (Å²) >= 11 is 6.19. The molecule has 2 heteroatoms. The molecule has 0 saturated carbocycles. The normalized spacial score (nSPS) is 21.2. The highest BCUT2D eigenvalue weighted by Gasteiger charge is 2.20. The minimum absolute atomic E-state index is 0.595. The lowest BCUT2D eigenvalue weighted by Gasteiger charge is -2.26. The van der Waals surface area contributed by atoms with Gasteiger partial charge in [-0.05, 0) is 29.5 Å². The second-order valence-corrected chi connectivity index (χ2v) is 3.96. The lowest BCUT2D eigenvalue weighted by molar-refractivity contribution is 0.530. The Hall–Kier alpha value is -0.530. The summed E-state index contributed by atoms with van der Waals surface area (Å²) in [6.07, 6.45) is 1.16. The van der Waals surface area contributed by atoms with Crippen molar-refractivity contribution in [3.63, 3.8) is 0 Å². The fourth-order valence-electron chi connectivity index (χ4n) is 2.02. The fourth-order valence-corrected chi connectivity index (χ4v) is 2.37. The second-order valence-electron chi connectivity index (χ2n) is 3.55. The predicted octanol–water partition coefficient (Wildman–Crippen LogP) is 2.94. The van der Waals surface area contributed by atoms with Gasteiger partial charge in [-0.1, -0.05) is 30.7 Å². The van der Waals surface area contributed by atoms with Gasteiger partial charge in [0.05, 0.1) is 0 Å². The van der Waals surface area contributed by atoms with E-state index >= 15 is 0 Å². The van der Waals surface area contributed by atoms with Crippen LogP contribution in [0.15, 0.2) is 18.2 Å². The van der Waals surface area contributed by atoms with Crippen LogP contribution in [0.5, 0.6) is 0 Å². The van der Waals surface area contributed by atoms with Crippen molar-refractivity contribution >= 4 is 11.6 Å². The van der Waals surface area contributed by atoms with Crippen molar-refractivity contribution in [2.24, 2.45) is 0 Å². The first-order valence-electron chi connectivity index (χ1n) is 4.81. The Kier molecular flexibility index (Phi) is 2.56. The third-order valence-electron chi connectivity index (χ3n) is 2.75. The third-order valence-corrected chi connectivity index (χ3v) is 3.08. The summed E-state index contributed by atoms with van der Waals surface area (Å²) in [6, 6.07) is 6.19. The topological polar surface area (TPSA) is 12.0 Å². The van der Waals surface area contributed by atoms with Gasteiger partial charge in [0, 0.05) is 18.1 Å². The predicted molar refractivity (Wildman–Crippen MR) is 56.2 cm³/mol. The molecule has 0 amide bonds. The number of halogens is 1. The first kappa shape index (κ1) is 9.04. The standard InChI is InChI=1S/C11H14ClN/c1-2-8-6-13-7-9-4-3-5-10(12)11(8)9/h3-5,8,13H,2,6-7H2,1H3. The van der Waals surface area contributed by atoms with E-state index < -0.39 is 0 Å². The molecule has 70 valence electrons. The van der Waals surface area contributed by atoms with Crippen molar-refractivity contribution in [2.75, 3.05) is 6.54 Å². The van der Waals surface area contributed by atoms with Crippen LogP contribution < -0.4 is 5.32 Å². The largest absolute Gasteiger partial charge is 0.312 e. The first-order chi connectivity index (χ1) is 6.33. The molecular formula is C11H14ClN. The summed E-state index contributed by atoms with van der Waals surface area (Å²) < 4.78 is 0. The summed E-state index contributed by atoms with van der Waals surface area (Å²) in [6.45, 7) is 4.24. The summed E-state index contributed by atoms with van der Waals surface area (Å²) in [7, 11) is 0. The molecule has 2 rings (SSSR count). The van der Waals surface area contributed by atoms with Gasteiger partial charge in [-0.25, -0.2) is 0 Å². The molecule has 0 spiro atoms. The molecule has 13 heavy (non-hydrogen) atoms. The van der Waals surface area contributed by atoms with Gasteiger partial charge in [0.15, 0.2) is 0 Å². The van der Waals surface area contributed by atoms with Gasteiger partial charge in [0.1, 0.15) is 0 Å². The first-order valence-corrected chi connectivity index (χ1v) is 5.18. The molecule has 0 aliphatic carbocycles.